The van der Waals surface area contributed by atoms with Crippen molar-refractivity contribution in [1.82, 2.24) is 5.32 Å². The maximum atomic E-state index is 11.2. The number of carbonyl (C=O) groups excluding carboxylic acids is 1. The van der Waals surface area contributed by atoms with E-state index in [-0.39, 0.29) is 5.92 Å². The summed E-state index contributed by atoms with van der Waals surface area (Å²) in [6.07, 6.45) is -0.481. The van der Waals surface area contributed by atoms with Crippen molar-refractivity contribution in [2.75, 3.05) is 11.8 Å². The molecule has 0 fully saturated rings. The van der Waals surface area contributed by atoms with Crippen molar-refractivity contribution in [3.63, 3.8) is 0 Å². The van der Waals surface area contributed by atoms with Crippen LogP contribution >= 0.6 is 23.4 Å². The summed E-state index contributed by atoms with van der Waals surface area (Å²) in [6, 6.07) is 0. The second-order valence-corrected chi connectivity index (χ2v) is 5.93. The minimum atomic E-state index is -0.576. The Kier molecular flexibility index (Phi) is 7.19. The third-order valence-corrected chi connectivity index (χ3v) is 3.20. The van der Waals surface area contributed by atoms with E-state index >= 15 is 0 Å². The number of nitrogens with one attached hydrogen (secondary N) is 1. The second-order valence-electron chi connectivity index (χ2n) is 4.51. The van der Waals surface area contributed by atoms with Crippen LogP contribution in [0.2, 0.25) is 0 Å². The monoisotopic (exact) mass is 269 g/mol. The summed E-state index contributed by atoms with van der Waals surface area (Å²) >= 11 is 6.81. The Labute approximate surface area is 106 Å². The summed E-state index contributed by atoms with van der Waals surface area (Å²) in [5.74, 6) is 0.685. The highest BCUT2D eigenvalue weighted by Crippen LogP contribution is 2.17. The molecule has 4 nitrogen and oxygen atoms in total. The van der Waals surface area contributed by atoms with Crippen molar-refractivity contribution in [1.29, 1.82) is 0 Å². The van der Waals surface area contributed by atoms with Gasteiger partial charge in [-0.15, -0.1) is 23.4 Å². The zero-order valence-electron chi connectivity index (χ0n) is 10.1. The van der Waals surface area contributed by atoms with Gasteiger partial charge in [-0.25, -0.2) is 4.79 Å². The molecular weight excluding hydrogens is 250 g/mol. The molecule has 0 saturated heterocycles. The van der Waals surface area contributed by atoms with E-state index in [2.05, 4.69) is 5.32 Å². The van der Waals surface area contributed by atoms with E-state index in [9.17, 15) is 9.90 Å². The number of hydrogen-bond donors (Lipinski definition) is 2. The summed E-state index contributed by atoms with van der Waals surface area (Å²) in [4.78, 5) is 11.2. The van der Waals surface area contributed by atoms with Gasteiger partial charge in [-0.2, -0.15) is 0 Å². The number of ether oxygens (including phenoxy) is 1. The molecule has 0 saturated carbocycles. The van der Waals surface area contributed by atoms with E-state index in [1.54, 1.807) is 20.8 Å². The van der Waals surface area contributed by atoms with Crippen molar-refractivity contribution in [3.8, 4) is 0 Å². The molecule has 2 N–H and O–H groups in total. The molecule has 0 bridgehead atoms. The lowest BCUT2D eigenvalue weighted by atomic mass is 10.2. The minimum absolute atomic E-state index is 0.00731. The Balaban J connectivity index is 3.70. The molecule has 96 valence electrons. The van der Waals surface area contributed by atoms with E-state index < -0.39 is 17.1 Å². The highest BCUT2D eigenvalue weighted by Gasteiger charge is 2.17. The lowest BCUT2D eigenvalue weighted by Gasteiger charge is -2.20. The van der Waals surface area contributed by atoms with Crippen LogP contribution in [0.5, 0.6) is 0 Å². The summed E-state index contributed by atoms with van der Waals surface area (Å²) in [7, 11) is 0. The molecule has 1 unspecified atom stereocenters. The lowest BCUT2D eigenvalue weighted by molar-refractivity contribution is 0.0538. The molecule has 0 rings (SSSR count). The van der Waals surface area contributed by atoms with Crippen LogP contribution in [0.15, 0.2) is 0 Å². The van der Waals surface area contributed by atoms with Crippen LogP contribution in [-0.2, 0) is 4.74 Å². The molecule has 0 aromatic rings. The van der Waals surface area contributed by atoms with E-state index in [1.807, 2.05) is 6.92 Å². The molecule has 0 spiro atoms. The summed E-state index contributed by atoms with van der Waals surface area (Å²) < 4.78 is 5.04. The van der Waals surface area contributed by atoms with Crippen molar-refractivity contribution < 1.29 is 14.6 Å². The topological polar surface area (TPSA) is 58.6 Å². The van der Waals surface area contributed by atoms with Crippen molar-refractivity contribution in [3.05, 3.63) is 0 Å². The summed E-state index contributed by atoms with van der Waals surface area (Å²) in [5.41, 5.74) is -1.08. The Hall–Kier alpha value is -0.130. The number of amides is 1. The average Bonchev–Trinajstić information content (AvgIpc) is 2.13. The Bertz CT molecular complexity index is 221. The Morgan fingerprint density at radius 2 is 2.12 bits per heavy atom. The van der Waals surface area contributed by atoms with Crippen LogP contribution in [-0.4, -0.2) is 34.0 Å². The van der Waals surface area contributed by atoms with Crippen LogP contribution in [0.3, 0.4) is 0 Å². The maximum absolute atomic E-state index is 11.2. The van der Waals surface area contributed by atoms with Crippen molar-refractivity contribution >= 4 is 29.5 Å². The van der Waals surface area contributed by atoms with Gasteiger partial charge in [0.2, 0.25) is 0 Å². The van der Waals surface area contributed by atoms with E-state index in [1.165, 1.54) is 11.8 Å². The van der Waals surface area contributed by atoms with Crippen molar-refractivity contribution in [2.45, 2.75) is 38.7 Å². The number of rotatable bonds is 5. The van der Waals surface area contributed by atoms with Crippen LogP contribution in [0.4, 0.5) is 4.79 Å². The van der Waals surface area contributed by atoms with Crippen LogP contribution < -0.4 is 5.32 Å². The molecule has 0 aliphatic carbocycles. The molecule has 1 amide bonds. The predicted octanol–water partition coefficient (Wildman–Crippen LogP) is 2.40. The molecule has 16 heavy (non-hydrogen) atoms. The second kappa shape index (κ2) is 7.25. The fraction of sp³-hybridized carbons (Fsp3) is 0.900. The van der Waals surface area contributed by atoms with Gasteiger partial charge in [0.05, 0.1) is 5.88 Å². The lowest BCUT2D eigenvalue weighted by Crippen LogP contribution is -2.33. The SMILES string of the molecule is CC(CCl)[C@@H](O)SCNC(=O)OC(C)(C)C. The molecule has 0 aliphatic rings. The molecular formula is C10H20ClNO3S. The van der Waals surface area contributed by atoms with Gasteiger partial charge in [0, 0.05) is 11.8 Å². The van der Waals surface area contributed by atoms with Gasteiger partial charge in [-0.05, 0) is 20.8 Å². The van der Waals surface area contributed by atoms with Crippen LogP contribution in [0.1, 0.15) is 27.7 Å². The fourth-order valence-electron chi connectivity index (χ4n) is 0.741. The van der Waals surface area contributed by atoms with Gasteiger partial charge in [0.1, 0.15) is 11.0 Å². The third-order valence-electron chi connectivity index (χ3n) is 1.60. The van der Waals surface area contributed by atoms with E-state index in [0.717, 1.165) is 0 Å². The van der Waals surface area contributed by atoms with Crippen molar-refractivity contribution in [2.24, 2.45) is 5.92 Å². The molecule has 0 radical (unpaired) electrons. The molecule has 0 aliphatic heterocycles. The average molecular weight is 270 g/mol. The normalized spacial score (nSPS) is 15.4. The first-order valence-corrected chi connectivity index (χ1v) is 6.67. The first-order chi connectivity index (χ1) is 7.26. The summed E-state index contributed by atoms with van der Waals surface area (Å²) in [6.45, 7) is 7.23. The first kappa shape index (κ1) is 15.9. The molecule has 2 atom stereocenters. The standard InChI is InChI=1S/C10H20ClNO3S/c1-7(5-11)8(13)16-6-12-9(14)15-10(2,3)4/h7-8,13H,5-6H2,1-4H3,(H,12,14)/t7?,8-/m0/s1. The van der Waals surface area contributed by atoms with Gasteiger partial charge in [0.15, 0.2) is 0 Å². The highest BCUT2D eigenvalue weighted by molar-refractivity contribution is 7.99. The molecule has 0 aromatic carbocycles. The van der Waals surface area contributed by atoms with Gasteiger partial charge >= 0.3 is 6.09 Å². The van der Waals surface area contributed by atoms with Gasteiger partial charge < -0.3 is 15.2 Å². The quantitative estimate of drug-likeness (QED) is 0.594. The van der Waals surface area contributed by atoms with Crippen LogP contribution in [0.25, 0.3) is 0 Å². The number of aliphatic hydroxyl groups is 1. The largest absolute Gasteiger partial charge is 0.444 e. The Morgan fingerprint density at radius 3 is 2.56 bits per heavy atom. The zero-order valence-corrected chi connectivity index (χ0v) is 11.7. The zero-order chi connectivity index (χ0) is 12.8. The smallest absolute Gasteiger partial charge is 0.408 e. The number of halogens is 1. The number of carbonyl (C=O) groups is 1. The van der Waals surface area contributed by atoms with Crippen LogP contribution in [0, 0.1) is 5.92 Å². The van der Waals surface area contributed by atoms with E-state index in [0.29, 0.717) is 11.8 Å². The third kappa shape index (κ3) is 8.07. The molecule has 6 heteroatoms. The Morgan fingerprint density at radius 1 is 1.56 bits per heavy atom. The molecule has 0 aromatic heterocycles. The highest BCUT2D eigenvalue weighted by atomic mass is 35.5. The van der Waals surface area contributed by atoms with Gasteiger partial charge in [0.25, 0.3) is 0 Å². The number of alkyl carbamates (subject to hydrolysis) is 1. The van der Waals surface area contributed by atoms with Gasteiger partial charge in [-0.1, -0.05) is 6.92 Å². The van der Waals surface area contributed by atoms with Gasteiger partial charge in [-0.3, -0.25) is 0 Å². The summed E-state index contributed by atoms with van der Waals surface area (Å²) in [5, 5.41) is 12.1. The predicted molar refractivity (Wildman–Crippen MR) is 67.7 cm³/mol. The van der Waals surface area contributed by atoms with E-state index in [4.69, 9.17) is 16.3 Å². The minimum Gasteiger partial charge on any atom is -0.444 e. The first-order valence-electron chi connectivity index (χ1n) is 5.08. The number of aliphatic hydroxyl groups excluding tert-OH is 1. The fourth-order valence-corrected chi connectivity index (χ4v) is 1.81. The maximum Gasteiger partial charge on any atom is 0.408 e. The number of alkyl halides is 1. The number of thioether (sulfide) groups is 1. The number of hydrogen-bond acceptors (Lipinski definition) is 4. The molecule has 0 heterocycles.